The first-order valence-electron chi connectivity index (χ1n) is 5.68. The summed E-state index contributed by atoms with van der Waals surface area (Å²) in [5.41, 5.74) is -6.11. The Morgan fingerprint density at radius 1 is 1.04 bits per heavy atom. The zero-order valence-electron chi connectivity index (χ0n) is 11.3. The summed E-state index contributed by atoms with van der Waals surface area (Å²) in [7, 11) is -12.7. The molecule has 1 atom stereocenters. The second-order valence-electron chi connectivity index (χ2n) is 4.45. The zero-order valence-corrected chi connectivity index (χ0v) is 12.9. The average Bonchev–Trinajstić information content (AvgIpc) is 2.34. The van der Waals surface area contributed by atoms with Gasteiger partial charge in [-0.2, -0.15) is 26.5 Å². The van der Waals surface area contributed by atoms with E-state index in [4.69, 9.17) is 0 Å². The van der Waals surface area contributed by atoms with Gasteiger partial charge in [0.05, 0.1) is 0 Å². The topological polar surface area (TPSA) is 72.2 Å². The number of sulfone groups is 2. The first kappa shape index (κ1) is 19.7. The van der Waals surface area contributed by atoms with Crippen molar-refractivity contribution in [2.75, 3.05) is 0 Å². The van der Waals surface area contributed by atoms with Crippen molar-refractivity contribution in [3.8, 4) is 0 Å². The normalized spacial score (nSPS) is 15.4. The summed E-state index contributed by atoms with van der Waals surface area (Å²) in [5.74, 6) is -1.30. The number of aromatic nitrogens is 1. The Balaban J connectivity index is 3.56. The maximum absolute atomic E-state index is 13.4. The van der Waals surface area contributed by atoms with E-state index in [0.29, 0.717) is 6.07 Å². The Labute approximate surface area is 127 Å². The molecule has 0 aromatic carbocycles. The molecule has 0 radical (unpaired) electrons. The lowest BCUT2D eigenvalue weighted by atomic mass is 10.5. The van der Waals surface area contributed by atoms with Gasteiger partial charge in [0.15, 0.2) is 12.7 Å². The molecule has 1 heterocycles. The Bertz CT molecular complexity index is 738. The molecule has 0 aliphatic rings. The van der Waals surface area contributed by atoms with Gasteiger partial charge in [-0.05, 0) is 6.07 Å². The van der Waals surface area contributed by atoms with E-state index < -0.39 is 47.5 Å². The van der Waals surface area contributed by atoms with Crippen LogP contribution in [0.5, 0.6) is 0 Å². The molecule has 23 heavy (non-hydrogen) atoms. The molecule has 13 heteroatoms. The van der Waals surface area contributed by atoms with Crippen molar-refractivity contribution in [3.05, 3.63) is 30.3 Å². The molecule has 0 saturated carbocycles. The number of hydrogen-bond acceptors (Lipinski definition) is 4. The minimum Gasteiger partial charge on any atom is -0.221 e. The molecule has 0 fully saturated rings. The first-order valence-corrected chi connectivity index (χ1v) is 8.77. The maximum Gasteiger partial charge on any atom is 0.498 e. The molecule has 0 saturated heterocycles. The van der Waals surface area contributed by atoms with Crippen LogP contribution in [0.3, 0.4) is 0 Å². The van der Waals surface area contributed by atoms with Crippen LogP contribution in [-0.2, 0) is 26.2 Å². The van der Waals surface area contributed by atoms with Crippen molar-refractivity contribution in [2.45, 2.75) is 28.8 Å². The van der Waals surface area contributed by atoms with Crippen LogP contribution in [0.15, 0.2) is 24.4 Å². The molecule has 0 aliphatic heterocycles. The highest BCUT2D eigenvalue weighted by atomic mass is 32.3. The highest BCUT2D eigenvalue weighted by Gasteiger charge is 2.62. The molecule has 0 spiro atoms. The third-order valence-electron chi connectivity index (χ3n) is 2.75. The Morgan fingerprint density at radius 3 is 1.96 bits per heavy atom. The molecule has 1 unspecified atom stereocenters. The van der Waals surface area contributed by atoms with Crippen LogP contribution in [-0.4, -0.2) is 32.2 Å². The molecule has 0 aliphatic carbocycles. The van der Waals surface area contributed by atoms with E-state index in [9.17, 15) is 43.2 Å². The van der Waals surface area contributed by atoms with Crippen molar-refractivity contribution in [1.29, 1.82) is 0 Å². The lowest BCUT2D eigenvalue weighted by Crippen LogP contribution is -2.54. The minimum atomic E-state index is -6.55. The van der Waals surface area contributed by atoms with Crippen LogP contribution in [0.1, 0.15) is 6.92 Å². The van der Waals surface area contributed by atoms with E-state index in [1.54, 1.807) is 0 Å². The zero-order chi connectivity index (χ0) is 18.3. The predicted molar refractivity (Wildman–Crippen MR) is 64.9 cm³/mol. The van der Waals surface area contributed by atoms with Gasteiger partial charge in [-0.1, -0.05) is 0 Å². The molecule has 5 nitrogen and oxygen atoms in total. The van der Waals surface area contributed by atoms with E-state index in [-0.39, 0.29) is 11.5 Å². The second-order valence-corrected chi connectivity index (χ2v) is 9.25. The number of rotatable bonds is 5. The van der Waals surface area contributed by atoms with Crippen LogP contribution < -0.4 is 4.57 Å². The molecule has 1 rings (SSSR count). The third-order valence-corrected chi connectivity index (χ3v) is 7.59. The van der Waals surface area contributed by atoms with Crippen LogP contribution in [0.4, 0.5) is 26.3 Å². The largest absolute Gasteiger partial charge is 0.498 e. The molecular weight excluding hydrogens is 376 g/mol. The Hall–Kier alpha value is -1.37. The van der Waals surface area contributed by atoms with Crippen molar-refractivity contribution in [2.24, 2.45) is 0 Å². The molecule has 132 valence electrons. The summed E-state index contributed by atoms with van der Waals surface area (Å²) >= 11 is 0. The summed E-state index contributed by atoms with van der Waals surface area (Å²) in [4.78, 5) is 0. The molecule has 1 aromatic heterocycles. The highest BCUT2D eigenvalue weighted by Crippen LogP contribution is 2.35. The van der Waals surface area contributed by atoms with E-state index in [2.05, 4.69) is 0 Å². The van der Waals surface area contributed by atoms with Gasteiger partial charge in [0.2, 0.25) is 14.4 Å². The fourth-order valence-electron chi connectivity index (χ4n) is 1.51. The molecular formula is C10H10F6NO4S2+. The fourth-order valence-corrected chi connectivity index (χ4v) is 5.15. The molecule has 0 N–H and O–H groups in total. The van der Waals surface area contributed by atoms with Crippen LogP contribution in [0, 0.1) is 5.95 Å². The quantitative estimate of drug-likeness (QED) is 0.436. The second kappa shape index (κ2) is 5.92. The SMILES string of the molecule is CC(F)(F)S(=O)(=O)C(C[n+]1ccccc1F)S(=O)(=O)C(F)(F)F. The maximum atomic E-state index is 13.4. The minimum absolute atomic E-state index is 0.178. The number of alkyl halides is 5. The number of pyridine rings is 1. The van der Waals surface area contributed by atoms with E-state index >= 15 is 0 Å². The monoisotopic (exact) mass is 386 g/mol. The van der Waals surface area contributed by atoms with Gasteiger partial charge in [0.25, 0.3) is 9.84 Å². The summed E-state index contributed by atoms with van der Waals surface area (Å²) in [6.07, 6.45) is 0.720. The first-order chi connectivity index (χ1) is 10.1. The number of hydrogen-bond donors (Lipinski definition) is 0. The van der Waals surface area contributed by atoms with Gasteiger partial charge in [0.1, 0.15) is 0 Å². The van der Waals surface area contributed by atoms with E-state index in [1.807, 2.05) is 0 Å². The molecule has 0 bridgehead atoms. The van der Waals surface area contributed by atoms with Gasteiger partial charge in [-0.3, -0.25) is 0 Å². The summed E-state index contributed by atoms with van der Waals surface area (Å²) in [5, 5.41) is -4.78. The Morgan fingerprint density at radius 2 is 1.57 bits per heavy atom. The van der Waals surface area contributed by atoms with E-state index in [0.717, 1.165) is 18.3 Å². The van der Waals surface area contributed by atoms with Gasteiger partial charge >= 0.3 is 16.7 Å². The van der Waals surface area contributed by atoms with E-state index in [1.165, 1.54) is 0 Å². The van der Waals surface area contributed by atoms with Crippen LogP contribution >= 0.6 is 0 Å². The standard InChI is InChI=1S/C10H10F6NO4S2/c1-9(12,13)22(18,19)8(23(20,21)10(14,15)16)6-17-5-3-2-4-7(17)11/h2-5,8H,6H2,1H3/q+1. The number of halogens is 6. The van der Waals surface area contributed by atoms with Gasteiger partial charge in [-0.15, -0.1) is 4.39 Å². The van der Waals surface area contributed by atoms with Crippen molar-refractivity contribution in [3.63, 3.8) is 0 Å². The fraction of sp³-hybridized carbons (Fsp3) is 0.500. The van der Waals surface area contributed by atoms with Crippen LogP contribution in [0.25, 0.3) is 0 Å². The molecule has 1 aromatic rings. The summed E-state index contributed by atoms with van der Waals surface area (Å²) in [6.45, 7) is -1.94. The van der Waals surface area contributed by atoms with Gasteiger partial charge < -0.3 is 0 Å². The average molecular weight is 386 g/mol. The molecule has 0 amide bonds. The van der Waals surface area contributed by atoms with Crippen LogP contribution in [0.2, 0.25) is 0 Å². The summed E-state index contributed by atoms with van der Waals surface area (Å²) < 4.78 is 120. The predicted octanol–water partition coefficient (Wildman–Crippen LogP) is 1.40. The lowest BCUT2D eigenvalue weighted by molar-refractivity contribution is -0.721. The Kier molecular flexibility index (Phi) is 5.07. The smallest absolute Gasteiger partial charge is 0.221 e. The summed E-state index contributed by atoms with van der Waals surface area (Å²) in [6, 6.07) is 2.83. The number of nitrogens with zero attached hydrogens (tertiary/aromatic N) is 1. The van der Waals surface area contributed by atoms with Crippen molar-refractivity contribution >= 4 is 19.7 Å². The van der Waals surface area contributed by atoms with Gasteiger partial charge in [0, 0.05) is 19.1 Å². The highest BCUT2D eigenvalue weighted by molar-refractivity contribution is 8.09. The van der Waals surface area contributed by atoms with Gasteiger partial charge in [-0.25, -0.2) is 16.8 Å². The van der Waals surface area contributed by atoms with Crippen molar-refractivity contribution in [1.82, 2.24) is 0 Å². The lowest BCUT2D eigenvalue weighted by Gasteiger charge is -2.20. The third kappa shape index (κ3) is 3.76. The van der Waals surface area contributed by atoms with Crippen molar-refractivity contribution < 1.29 is 47.7 Å².